The molecule has 25 heavy (non-hydrogen) atoms. The number of ether oxygens (including phenoxy) is 1. The van der Waals surface area contributed by atoms with Crippen LogP contribution in [0.5, 0.6) is 0 Å². The van der Waals surface area contributed by atoms with Crippen LogP contribution in [0.1, 0.15) is 25.3 Å². The van der Waals surface area contributed by atoms with Crippen molar-refractivity contribution in [2.24, 2.45) is 0 Å². The van der Waals surface area contributed by atoms with E-state index in [-0.39, 0.29) is 6.04 Å². The maximum absolute atomic E-state index is 11.7. The van der Waals surface area contributed by atoms with Crippen molar-refractivity contribution in [1.82, 2.24) is 10.3 Å². The molecular weight excluding hydrogens is 340 g/mol. The number of anilines is 1. The van der Waals surface area contributed by atoms with Crippen LogP contribution in [0.2, 0.25) is 5.02 Å². The lowest BCUT2D eigenvalue weighted by atomic mass is 10.0. The van der Waals surface area contributed by atoms with Crippen molar-refractivity contribution < 1.29 is 9.53 Å². The molecule has 1 amide bonds. The highest BCUT2D eigenvalue weighted by Gasteiger charge is 2.25. The predicted octanol–water partition coefficient (Wildman–Crippen LogP) is 3.47. The fourth-order valence-electron chi connectivity index (χ4n) is 3.21. The Kier molecular flexibility index (Phi) is 5.25. The largest absolute Gasteiger partial charge is 0.450 e. The molecule has 0 saturated carbocycles. The Morgan fingerprint density at radius 3 is 3.16 bits per heavy atom. The van der Waals surface area contributed by atoms with Crippen molar-refractivity contribution >= 4 is 34.3 Å². The average Bonchev–Trinajstić information content (AvgIpc) is 2.61. The van der Waals surface area contributed by atoms with E-state index in [1.165, 1.54) is 0 Å². The minimum absolute atomic E-state index is 0.0262. The molecule has 7 heteroatoms. The minimum Gasteiger partial charge on any atom is -0.450 e. The maximum atomic E-state index is 11.7. The highest BCUT2D eigenvalue weighted by atomic mass is 35.5. The van der Waals surface area contributed by atoms with Crippen LogP contribution in [0, 0.1) is 11.3 Å². The lowest BCUT2D eigenvalue weighted by molar-refractivity contribution is 0.146. The van der Waals surface area contributed by atoms with E-state index in [0.29, 0.717) is 23.7 Å². The Morgan fingerprint density at radius 1 is 1.56 bits per heavy atom. The summed E-state index contributed by atoms with van der Waals surface area (Å²) in [6.45, 7) is 3.54. The number of aromatic nitrogens is 1. The molecule has 3 rings (SSSR count). The zero-order valence-corrected chi connectivity index (χ0v) is 14.7. The fraction of sp³-hybridized carbons (Fsp3) is 0.389. The van der Waals surface area contributed by atoms with Gasteiger partial charge in [-0.05, 0) is 38.0 Å². The zero-order valence-electron chi connectivity index (χ0n) is 14.0. The van der Waals surface area contributed by atoms with Gasteiger partial charge in [-0.2, -0.15) is 5.26 Å². The van der Waals surface area contributed by atoms with Gasteiger partial charge in [0, 0.05) is 35.7 Å². The van der Waals surface area contributed by atoms with Crippen LogP contribution in [0.25, 0.3) is 10.9 Å². The van der Waals surface area contributed by atoms with Crippen LogP contribution in [-0.4, -0.2) is 36.8 Å². The summed E-state index contributed by atoms with van der Waals surface area (Å²) in [5.41, 5.74) is 2.12. The monoisotopic (exact) mass is 358 g/mol. The summed E-state index contributed by atoms with van der Waals surface area (Å²) in [6.07, 6.45) is 2.97. The number of nitrogens with one attached hydrogen (secondary N) is 1. The number of rotatable bonds is 3. The van der Waals surface area contributed by atoms with Gasteiger partial charge >= 0.3 is 6.09 Å². The lowest BCUT2D eigenvalue weighted by Crippen LogP contribution is -2.48. The van der Waals surface area contributed by atoms with Gasteiger partial charge in [0.15, 0.2) is 0 Å². The number of carbonyl (C=O) groups excluding carboxylic acids is 1. The molecule has 1 saturated heterocycles. The summed E-state index contributed by atoms with van der Waals surface area (Å²) in [6, 6.07) is 7.66. The molecule has 1 atom stereocenters. The summed E-state index contributed by atoms with van der Waals surface area (Å²) in [5, 5.41) is 13.9. The standard InChI is InChI=1S/C18H19ClN4O2/c1-2-25-18(24)22-14-4-3-7-23(11-14)17-12(9-20)10-21-16-6-5-13(19)8-15(16)17/h5-6,8,10,14H,2-4,7,11H2,1H3,(H,22,24). The van der Waals surface area contributed by atoms with Gasteiger partial charge in [0.05, 0.1) is 23.4 Å². The summed E-state index contributed by atoms with van der Waals surface area (Å²) in [7, 11) is 0. The highest BCUT2D eigenvalue weighted by Crippen LogP contribution is 2.33. The first-order valence-electron chi connectivity index (χ1n) is 8.29. The number of halogens is 1. The Bertz CT molecular complexity index is 834. The number of pyridine rings is 1. The summed E-state index contributed by atoms with van der Waals surface area (Å²) >= 11 is 6.15. The first-order chi connectivity index (χ1) is 12.1. The van der Waals surface area contributed by atoms with Crippen LogP contribution in [-0.2, 0) is 4.74 Å². The molecule has 0 radical (unpaired) electrons. The Morgan fingerprint density at radius 2 is 2.40 bits per heavy atom. The van der Waals surface area contributed by atoms with Crippen molar-refractivity contribution in [2.45, 2.75) is 25.8 Å². The van der Waals surface area contributed by atoms with Gasteiger partial charge in [0.2, 0.25) is 0 Å². The van der Waals surface area contributed by atoms with E-state index >= 15 is 0 Å². The Labute approximate surface area is 151 Å². The number of nitriles is 1. The lowest BCUT2D eigenvalue weighted by Gasteiger charge is -2.35. The van der Waals surface area contributed by atoms with Gasteiger partial charge in [0.1, 0.15) is 6.07 Å². The minimum atomic E-state index is -0.405. The quantitative estimate of drug-likeness (QED) is 0.908. The van der Waals surface area contributed by atoms with Crippen LogP contribution in [0.3, 0.4) is 0 Å². The van der Waals surface area contributed by atoms with E-state index in [1.54, 1.807) is 19.2 Å². The molecule has 1 aromatic carbocycles. The number of amides is 1. The highest BCUT2D eigenvalue weighted by molar-refractivity contribution is 6.31. The molecular formula is C18H19ClN4O2. The van der Waals surface area contributed by atoms with E-state index in [2.05, 4.69) is 21.3 Å². The third-order valence-electron chi connectivity index (χ3n) is 4.26. The average molecular weight is 359 g/mol. The smallest absolute Gasteiger partial charge is 0.407 e. The second-order valence-corrected chi connectivity index (χ2v) is 6.38. The molecule has 6 nitrogen and oxygen atoms in total. The van der Waals surface area contributed by atoms with Gasteiger partial charge in [-0.1, -0.05) is 11.6 Å². The number of alkyl carbamates (subject to hydrolysis) is 1. The zero-order chi connectivity index (χ0) is 17.8. The van der Waals surface area contributed by atoms with Crippen molar-refractivity contribution in [3.05, 3.63) is 35.0 Å². The molecule has 1 fully saturated rings. The number of piperidine rings is 1. The van der Waals surface area contributed by atoms with Gasteiger partial charge < -0.3 is 15.0 Å². The van der Waals surface area contributed by atoms with Crippen molar-refractivity contribution in [3.8, 4) is 6.07 Å². The van der Waals surface area contributed by atoms with Gasteiger partial charge in [0.25, 0.3) is 0 Å². The Hall–Kier alpha value is -2.52. The number of carbonyl (C=O) groups is 1. The van der Waals surface area contributed by atoms with E-state index in [4.69, 9.17) is 16.3 Å². The van der Waals surface area contributed by atoms with E-state index in [0.717, 1.165) is 36.0 Å². The topological polar surface area (TPSA) is 78.2 Å². The van der Waals surface area contributed by atoms with Gasteiger partial charge in [-0.25, -0.2) is 4.79 Å². The third kappa shape index (κ3) is 3.77. The van der Waals surface area contributed by atoms with Gasteiger partial charge in [-0.15, -0.1) is 0 Å². The number of nitrogens with zero attached hydrogens (tertiary/aromatic N) is 3. The first-order valence-corrected chi connectivity index (χ1v) is 8.66. The van der Waals surface area contributed by atoms with Crippen molar-refractivity contribution in [1.29, 1.82) is 5.26 Å². The van der Waals surface area contributed by atoms with Gasteiger partial charge in [-0.3, -0.25) is 4.98 Å². The number of benzene rings is 1. The second-order valence-electron chi connectivity index (χ2n) is 5.94. The summed E-state index contributed by atoms with van der Waals surface area (Å²) in [4.78, 5) is 18.2. The second kappa shape index (κ2) is 7.58. The van der Waals surface area contributed by atoms with E-state index in [9.17, 15) is 10.1 Å². The molecule has 1 aromatic heterocycles. The van der Waals surface area contributed by atoms with E-state index < -0.39 is 6.09 Å². The molecule has 1 aliphatic heterocycles. The first kappa shape index (κ1) is 17.3. The molecule has 1 unspecified atom stereocenters. The third-order valence-corrected chi connectivity index (χ3v) is 4.49. The van der Waals surface area contributed by atoms with Crippen LogP contribution in [0.15, 0.2) is 24.4 Å². The molecule has 2 heterocycles. The van der Waals surface area contributed by atoms with Crippen LogP contribution in [0.4, 0.5) is 10.5 Å². The summed E-state index contributed by atoms with van der Waals surface area (Å²) < 4.78 is 4.97. The molecule has 0 aliphatic carbocycles. The normalized spacial score (nSPS) is 17.2. The SMILES string of the molecule is CCOC(=O)NC1CCCN(c2c(C#N)cnc3ccc(Cl)cc23)C1. The van der Waals surface area contributed by atoms with Crippen LogP contribution >= 0.6 is 11.6 Å². The van der Waals surface area contributed by atoms with Crippen molar-refractivity contribution in [2.75, 3.05) is 24.6 Å². The molecule has 2 aromatic rings. The molecule has 0 spiro atoms. The number of fused-ring (bicyclic) bond motifs is 1. The molecule has 1 N–H and O–H groups in total. The number of hydrogen-bond acceptors (Lipinski definition) is 5. The predicted molar refractivity (Wildman–Crippen MR) is 96.9 cm³/mol. The fourth-order valence-corrected chi connectivity index (χ4v) is 3.38. The number of hydrogen-bond donors (Lipinski definition) is 1. The van der Waals surface area contributed by atoms with Crippen LogP contribution < -0.4 is 10.2 Å². The van der Waals surface area contributed by atoms with Crippen molar-refractivity contribution in [3.63, 3.8) is 0 Å². The van der Waals surface area contributed by atoms with E-state index in [1.807, 2.05) is 12.1 Å². The molecule has 1 aliphatic rings. The maximum Gasteiger partial charge on any atom is 0.407 e. The molecule has 0 bridgehead atoms. The summed E-state index contributed by atoms with van der Waals surface area (Å²) in [5.74, 6) is 0. The Balaban J connectivity index is 1.93. The molecule has 130 valence electrons.